The maximum absolute atomic E-state index is 13.4. The van der Waals surface area contributed by atoms with Crippen molar-refractivity contribution in [1.29, 1.82) is 0 Å². The molecule has 18 heavy (non-hydrogen) atoms. The first-order valence-electron chi connectivity index (χ1n) is 5.12. The van der Waals surface area contributed by atoms with E-state index in [-0.39, 0.29) is 31.5 Å². The van der Waals surface area contributed by atoms with Crippen molar-refractivity contribution in [3.05, 3.63) is 29.8 Å². The van der Waals surface area contributed by atoms with Crippen molar-refractivity contribution in [2.24, 2.45) is 5.73 Å². The second-order valence-electron chi connectivity index (χ2n) is 3.99. The van der Waals surface area contributed by atoms with Crippen LogP contribution in [0.1, 0.15) is 6.42 Å². The molecule has 0 amide bonds. The Morgan fingerprint density at radius 2 is 2.00 bits per heavy atom. The van der Waals surface area contributed by atoms with E-state index in [1.165, 1.54) is 0 Å². The number of nitrogens with two attached hydrogens (primary N) is 1. The van der Waals surface area contributed by atoms with E-state index in [1.54, 1.807) is 0 Å². The summed E-state index contributed by atoms with van der Waals surface area (Å²) in [5.74, 6) is -1.74. The molecule has 0 radical (unpaired) electrons. The van der Waals surface area contributed by atoms with Crippen molar-refractivity contribution in [2.75, 3.05) is 13.1 Å². The fraction of sp³-hybridized carbons (Fsp3) is 0.400. The lowest BCUT2D eigenvalue weighted by Crippen LogP contribution is -2.32. The van der Waals surface area contributed by atoms with Gasteiger partial charge in [-0.15, -0.1) is 12.4 Å². The van der Waals surface area contributed by atoms with Gasteiger partial charge in [-0.2, -0.15) is 4.31 Å². The van der Waals surface area contributed by atoms with Crippen molar-refractivity contribution < 1.29 is 17.2 Å². The van der Waals surface area contributed by atoms with Crippen LogP contribution in [0.3, 0.4) is 0 Å². The van der Waals surface area contributed by atoms with E-state index < -0.39 is 26.6 Å². The number of benzene rings is 1. The van der Waals surface area contributed by atoms with Crippen molar-refractivity contribution in [3.8, 4) is 0 Å². The van der Waals surface area contributed by atoms with Gasteiger partial charge in [0.25, 0.3) is 0 Å². The number of hydrogen-bond acceptors (Lipinski definition) is 3. The Balaban J connectivity index is 0.00000162. The Hall–Kier alpha value is -0.760. The standard InChI is InChI=1S/C10H12F2N2O2S.ClH/c11-7-1-2-9(12)10(5-7)17(15,16)14-4-3-8(13)6-14;/h1-2,5,8H,3-4,6,13H2;1H/t8-;/m1./s1. The topological polar surface area (TPSA) is 63.4 Å². The van der Waals surface area contributed by atoms with E-state index in [2.05, 4.69) is 0 Å². The molecule has 1 atom stereocenters. The number of halogens is 3. The summed E-state index contributed by atoms with van der Waals surface area (Å²) in [7, 11) is -3.99. The van der Waals surface area contributed by atoms with Gasteiger partial charge in [0.2, 0.25) is 10.0 Å². The Kier molecular flexibility index (Phi) is 4.66. The first-order valence-corrected chi connectivity index (χ1v) is 6.56. The summed E-state index contributed by atoms with van der Waals surface area (Å²) in [6, 6.07) is 2.12. The summed E-state index contributed by atoms with van der Waals surface area (Å²) in [5.41, 5.74) is 5.59. The van der Waals surface area contributed by atoms with Crippen LogP contribution in [0.25, 0.3) is 0 Å². The second-order valence-corrected chi connectivity index (χ2v) is 5.89. The first-order chi connectivity index (χ1) is 7.91. The third-order valence-corrected chi connectivity index (χ3v) is 4.58. The van der Waals surface area contributed by atoms with E-state index in [0.717, 1.165) is 16.4 Å². The zero-order chi connectivity index (χ0) is 12.6. The lowest BCUT2D eigenvalue weighted by molar-refractivity contribution is 0.463. The van der Waals surface area contributed by atoms with Crippen LogP contribution >= 0.6 is 12.4 Å². The smallest absolute Gasteiger partial charge is 0.246 e. The normalized spacial score (nSPS) is 20.7. The zero-order valence-corrected chi connectivity index (χ0v) is 11.0. The van der Waals surface area contributed by atoms with Gasteiger partial charge in [0, 0.05) is 19.1 Å². The van der Waals surface area contributed by atoms with E-state index in [0.29, 0.717) is 12.5 Å². The van der Waals surface area contributed by atoms with Gasteiger partial charge in [-0.05, 0) is 24.6 Å². The van der Waals surface area contributed by atoms with Crippen LogP contribution in [0.15, 0.2) is 23.1 Å². The maximum Gasteiger partial charge on any atom is 0.246 e. The molecule has 0 unspecified atom stereocenters. The Morgan fingerprint density at radius 1 is 1.33 bits per heavy atom. The molecule has 1 saturated heterocycles. The van der Waals surface area contributed by atoms with Gasteiger partial charge in [-0.1, -0.05) is 0 Å². The molecule has 4 nitrogen and oxygen atoms in total. The predicted octanol–water partition coefficient (Wildman–Crippen LogP) is 1.11. The van der Waals surface area contributed by atoms with Crippen LogP contribution in [0.2, 0.25) is 0 Å². The van der Waals surface area contributed by atoms with Crippen molar-refractivity contribution in [3.63, 3.8) is 0 Å². The molecular weight excluding hydrogens is 286 g/mol. The summed E-state index contributed by atoms with van der Waals surface area (Å²) in [5, 5.41) is 0. The highest BCUT2D eigenvalue weighted by Crippen LogP contribution is 2.23. The lowest BCUT2D eigenvalue weighted by Gasteiger charge is -2.16. The van der Waals surface area contributed by atoms with E-state index in [4.69, 9.17) is 5.73 Å². The van der Waals surface area contributed by atoms with Crippen LogP contribution in [-0.4, -0.2) is 31.9 Å². The SMILES string of the molecule is Cl.N[C@@H]1CCN(S(=O)(=O)c2cc(F)ccc2F)C1. The van der Waals surface area contributed by atoms with Crippen LogP contribution in [0.4, 0.5) is 8.78 Å². The van der Waals surface area contributed by atoms with Crippen LogP contribution in [-0.2, 0) is 10.0 Å². The summed E-state index contributed by atoms with van der Waals surface area (Å²) in [6.45, 7) is 0.373. The average Bonchev–Trinajstić information content (AvgIpc) is 2.69. The van der Waals surface area contributed by atoms with Gasteiger partial charge in [-0.3, -0.25) is 0 Å². The number of nitrogens with zero attached hydrogens (tertiary/aromatic N) is 1. The second kappa shape index (κ2) is 5.48. The highest BCUT2D eigenvalue weighted by atomic mass is 35.5. The van der Waals surface area contributed by atoms with Gasteiger partial charge in [0.1, 0.15) is 16.5 Å². The molecule has 0 spiro atoms. The minimum atomic E-state index is -3.99. The van der Waals surface area contributed by atoms with Crippen LogP contribution < -0.4 is 5.73 Å². The van der Waals surface area contributed by atoms with Gasteiger partial charge in [0.05, 0.1) is 0 Å². The van der Waals surface area contributed by atoms with Gasteiger partial charge in [0.15, 0.2) is 0 Å². The minimum Gasteiger partial charge on any atom is -0.326 e. The molecule has 1 aliphatic heterocycles. The summed E-state index contributed by atoms with van der Waals surface area (Å²) in [6.07, 6.45) is 0.524. The number of hydrogen-bond donors (Lipinski definition) is 1. The van der Waals surface area contributed by atoms with Gasteiger partial charge < -0.3 is 5.73 Å². The van der Waals surface area contributed by atoms with Crippen molar-refractivity contribution >= 4 is 22.4 Å². The summed E-state index contributed by atoms with van der Waals surface area (Å²) in [4.78, 5) is -0.633. The Labute approximate surface area is 110 Å². The quantitative estimate of drug-likeness (QED) is 0.889. The molecule has 1 fully saturated rings. The lowest BCUT2D eigenvalue weighted by atomic mass is 10.3. The van der Waals surface area contributed by atoms with E-state index in [1.807, 2.05) is 0 Å². The molecule has 0 saturated carbocycles. The van der Waals surface area contributed by atoms with Crippen LogP contribution in [0, 0.1) is 11.6 Å². The summed E-state index contributed by atoms with van der Waals surface area (Å²) < 4.78 is 51.5. The molecule has 1 heterocycles. The van der Waals surface area contributed by atoms with Gasteiger partial charge in [-0.25, -0.2) is 17.2 Å². The largest absolute Gasteiger partial charge is 0.326 e. The van der Waals surface area contributed by atoms with Crippen molar-refractivity contribution in [1.82, 2.24) is 4.31 Å². The van der Waals surface area contributed by atoms with E-state index >= 15 is 0 Å². The number of rotatable bonds is 2. The fourth-order valence-corrected chi connectivity index (χ4v) is 3.37. The summed E-state index contributed by atoms with van der Waals surface area (Å²) >= 11 is 0. The molecule has 2 N–H and O–H groups in total. The highest BCUT2D eigenvalue weighted by molar-refractivity contribution is 7.89. The molecule has 0 aromatic heterocycles. The van der Waals surface area contributed by atoms with Gasteiger partial charge >= 0.3 is 0 Å². The first kappa shape index (κ1) is 15.3. The molecule has 1 aliphatic rings. The fourth-order valence-electron chi connectivity index (χ4n) is 1.79. The molecule has 0 bridgehead atoms. The Morgan fingerprint density at radius 3 is 2.56 bits per heavy atom. The molecular formula is C10H13ClF2N2O2S. The molecule has 8 heteroatoms. The third-order valence-electron chi connectivity index (χ3n) is 2.70. The average molecular weight is 299 g/mol. The molecule has 2 rings (SSSR count). The van der Waals surface area contributed by atoms with Crippen LogP contribution in [0.5, 0.6) is 0 Å². The third kappa shape index (κ3) is 2.80. The Bertz CT molecular complexity index is 539. The molecule has 102 valence electrons. The maximum atomic E-state index is 13.4. The number of sulfonamides is 1. The highest BCUT2D eigenvalue weighted by Gasteiger charge is 2.32. The minimum absolute atomic E-state index is 0. The molecule has 1 aromatic rings. The molecule has 1 aromatic carbocycles. The predicted molar refractivity (Wildman–Crippen MR) is 65.0 cm³/mol. The van der Waals surface area contributed by atoms with E-state index in [9.17, 15) is 17.2 Å². The molecule has 0 aliphatic carbocycles. The monoisotopic (exact) mass is 298 g/mol. The van der Waals surface area contributed by atoms with Crippen molar-refractivity contribution in [2.45, 2.75) is 17.4 Å². The zero-order valence-electron chi connectivity index (χ0n) is 9.34.